The lowest BCUT2D eigenvalue weighted by Gasteiger charge is -2.56. The molecular weight excluding hydrogens is 396 g/mol. The minimum absolute atomic E-state index is 0.193. The van der Waals surface area contributed by atoms with Crippen LogP contribution in [0, 0.1) is 40.9 Å². The third kappa shape index (κ3) is 3.34. The zero-order valence-corrected chi connectivity index (χ0v) is 20.2. The van der Waals surface area contributed by atoms with Gasteiger partial charge in [0.2, 0.25) is 0 Å². The normalized spacial score (nSPS) is 45.5. The number of carbonyl (C=O) groups excluding carboxylic acids is 1. The van der Waals surface area contributed by atoms with Crippen molar-refractivity contribution in [3.63, 3.8) is 0 Å². The largest absolute Gasteiger partial charge is 0.390 e. The Hall–Kier alpha value is -1.16. The Bertz CT molecular complexity index is 888. The molecule has 4 fully saturated rings. The molecule has 8 unspecified atom stereocenters. The third-order valence-corrected chi connectivity index (χ3v) is 11.1. The van der Waals surface area contributed by atoms with E-state index in [2.05, 4.69) is 23.6 Å². The highest BCUT2D eigenvalue weighted by atomic mass is 16.3. The van der Waals surface area contributed by atoms with Gasteiger partial charge in [0.25, 0.3) is 0 Å². The van der Waals surface area contributed by atoms with Gasteiger partial charge in [-0.05, 0) is 131 Å². The molecule has 0 amide bonds. The van der Waals surface area contributed by atoms with Gasteiger partial charge in [-0.3, -0.25) is 9.48 Å². The van der Waals surface area contributed by atoms with Crippen molar-refractivity contribution in [3.8, 4) is 0 Å². The monoisotopic (exact) mass is 438 g/mol. The molecule has 4 heteroatoms. The molecule has 0 radical (unpaired) electrons. The van der Waals surface area contributed by atoms with Crippen molar-refractivity contribution in [2.45, 2.75) is 109 Å². The molecule has 32 heavy (non-hydrogen) atoms. The van der Waals surface area contributed by atoms with E-state index < -0.39 is 5.60 Å². The highest BCUT2D eigenvalue weighted by Crippen LogP contribution is 2.64. The summed E-state index contributed by atoms with van der Waals surface area (Å²) < 4.78 is 2.05. The summed E-state index contributed by atoms with van der Waals surface area (Å²) in [4.78, 5) is 13.6. The van der Waals surface area contributed by atoms with Gasteiger partial charge in [-0.25, -0.2) is 0 Å². The van der Waals surface area contributed by atoms with Gasteiger partial charge < -0.3 is 5.11 Å². The number of aryl methyl sites for hydroxylation is 1. The molecule has 6 rings (SSSR count). The fourth-order valence-corrected chi connectivity index (χ4v) is 9.56. The van der Waals surface area contributed by atoms with Crippen molar-refractivity contribution in [2.75, 3.05) is 0 Å². The summed E-state index contributed by atoms with van der Waals surface area (Å²) in [5, 5.41) is 15.3. The van der Waals surface area contributed by atoms with Crippen LogP contribution in [0.15, 0.2) is 6.20 Å². The number of carbonyl (C=O) groups is 1. The maximum atomic E-state index is 13.6. The highest BCUT2D eigenvalue weighted by molar-refractivity contribution is 5.82. The fourth-order valence-electron chi connectivity index (χ4n) is 9.56. The van der Waals surface area contributed by atoms with Crippen LogP contribution in [0.25, 0.3) is 0 Å². The molecule has 0 saturated heterocycles. The summed E-state index contributed by atoms with van der Waals surface area (Å²) in [7, 11) is 0. The van der Waals surface area contributed by atoms with Crippen molar-refractivity contribution in [3.05, 3.63) is 17.5 Å². The number of fused-ring (bicyclic) bond motifs is 6. The molecule has 0 aromatic carbocycles. The zero-order valence-electron chi connectivity index (χ0n) is 20.2. The second-order valence-corrected chi connectivity index (χ2v) is 12.8. The quantitative estimate of drug-likeness (QED) is 0.692. The number of aliphatic hydroxyl groups is 1. The molecule has 4 nitrogen and oxygen atoms in total. The molecule has 5 aliphatic carbocycles. The Morgan fingerprint density at radius 3 is 2.72 bits per heavy atom. The van der Waals surface area contributed by atoms with Crippen LogP contribution in [0.5, 0.6) is 0 Å². The van der Waals surface area contributed by atoms with Crippen LogP contribution >= 0.6 is 0 Å². The number of Topliss-reactive ketones (excluding diaryl/α,β-unsaturated/α-hetero) is 1. The van der Waals surface area contributed by atoms with E-state index in [0.29, 0.717) is 12.3 Å². The highest BCUT2D eigenvalue weighted by Gasteiger charge is 2.58. The molecule has 4 saturated carbocycles. The van der Waals surface area contributed by atoms with Gasteiger partial charge in [-0.1, -0.05) is 6.92 Å². The number of hydrogen-bond donors (Lipinski definition) is 1. The van der Waals surface area contributed by atoms with Crippen LogP contribution < -0.4 is 0 Å². The predicted octanol–water partition coefficient (Wildman–Crippen LogP) is 5.35. The van der Waals surface area contributed by atoms with Gasteiger partial charge in [0, 0.05) is 11.6 Å². The second-order valence-electron chi connectivity index (χ2n) is 12.8. The molecule has 176 valence electrons. The Morgan fingerprint density at radius 2 is 1.84 bits per heavy atom. The first kappa shape index (κ1) is 21.4. The average Bonchev–Trinajstić information content (AvgIpc) is 3.33. The molecule has 1 aromatic rings. The second kappa shape index (κ2) is 7.68. The molecule has 0 spiro atoms. The van der Waals surface area contributed by atoms with E-state index in [1.54, 1.807) is 0 Å². The van der Waals surface area contributed by atoms with Crippen molar-refractivity contribution in [1.82, 2.24) is 9.78 Å². The fraction of sp³-hybridized carbons (Fsp3) is 0.857. The number of ketones is 1. The Labute approximate surface area is 193 Å². The molecule has 5 aliphatic rings. The smallest absolute Gasteiger partial charge is 0.157 e. The Morgan fingerprint density at radius 1 is 1.03 bits per heavy atom. The van der Waals surface area contributed by atoms with Crippen LogP contribution in [0.3, 0.4) is 0 Å². The minimum Gasteiger partial charge on any atom is -0.390 e. The van der Waals surface area contributed by atoms with Crippen LogP contribution in [-0.4, -0.2) is 26.3 Å². The van der Waals surface area contributed by atoms with E-state index in [4.69, 9.17) is 0 Å². The van der Waals surface area contributed by atoms with Crippen molar-refractivity contribution in [2.24, 2.45) is 40.9 Å². The van der Waals surface area contributed by atoms with Gasteiger partial charge in [0.05, 0.1) is 11.8 Å². The van der Waals surface area contributed by atoms with Crippen LogP contribution in [0.4, 0.5) is 0 Å². The Balaban J connectivity index is 1.18. The van der Waals surface area contributed by atoms with Gasteiger partial charge in [-0.15, -0.1) is 0 Å². The summed E-state index contributed by atoms with van der Waals surface area (Å²) in [5.74, 6) is 4.61. The van der Waals surface area contributed by atoms with E-state index in [1.807, 2.05) is 6.20 Å². The molecule has 1 aromatic heterocycles. The van der Waals surface area contributed by atoms with Crippen LogP contribution in [0.2, 0.25) is 0 Å². The number of nitrogens with zero attached hydrogens (tertiary/aromatic N) is 2. The summed E-state index contributed by atoms with van der Waals surface area (Å²) in [6, 6.07) is 0. The summed E-state index contributed by atoms with van der Waals surface area (Å²) in [6.45, 7) is 5.02. The molecule has 1 heterocycles. The zero-order chi connectivity index (χ0) is 22.1. The SMILES string of the molecule is CC1(O)CCC2C(CCC3C2CCC2(C)C(C(=O)Cn4ncc5c4CCCC5)CCC32)C1. The third-order valence-electron chi connectivity index (χ3n) is 11.1. The van der Waals surface area contributed by atoms with E-state index in [0.717, 1.165) is 61.7 Å². The van der Waals surface area contributed by atoms with Crippen molar-refractivity contribution >= 4 is 5.78 Å². The molecular formula is C28H42N2O2. The standard InChI is InChI=1S/C28H42N2O2/c1-27(32)13-11-20-18(15-27)7-8-22-21(20)12-14-28(2)23(22)9-10-24(28)26(31)17-30-25-6-4-3-5-19(25)16-29-30/h16,18,20-24,32H,3-15,17H2,1-2H3. The predicted molar refractivity (Wildman–Crippen MR) is 125 cm³/mol. The van der Waals surface area contributed by atoms with E-state index in [-0.39, 0.29) is 11.3 Å². The first-order chi connectivity index (χ1) is 15.4. The maximum Gasteiger partial charge on any atom is 0.157 e. The van der Waals surface area contributed by atoms with Gasteiger partial charge >= 0.3 is 0 Å². The lowest BCUT2D eigenvalue weighted by Crippen LogP contribution is -2.51. The first-order valence-electron chi connectivity index (χ1n) is 13.6. The average molecular weight is 439 g/mol. The maximum absolute atomic E-state index is 13.6. The minimum atomic E-state index is -0.437. The topological polar surface area (TPSA) is 55.1 Å². The number of rotatable bonds is 3. The summed E-state index contributed by atoms with van der Waals surface area (Å²) in [5.41, 5.74) is 2.47. The number of hydrogen-bond acceptors (Lipinski definition) is 3. The van der Waals surface area contributed by atoms with E-state index >= 15 is 0 Å². The first-order valence-corrected chi connectivity index (χ1v) is 13.6. The van der Waals surface area contributed by atoms with Crippen LogP contribution in [0.1, 0.15) is 95.7 Å². The van der Waals surface area contributed by atoms with Gasteiger partial charge in [0.15, 0.2) is 5.78 Å². The molecule has 1 N–H and O–H groups in total. The molecule has 0 aliphatic heterocycles. The van der Waals surface area contributed by atoms with E-state index in [9.17, 15) is 9.90 Å². The van der Waals surface area contributed by atoms with Crippen LogP contribution in [-0.2, 0) is 24.2 Å². The number of aromatic nitrogens is 2. The van der Waals surface area contributed by atoms with Crippen molar-refractivity contribution < 1.29 is 9.90 Å². The van der Waals surface area contributed by atoms with Crippen molar-refractivity contribution in [1.29, 1.82) is 0 Å². The summed E-state index contributed by atoms with van der Waals surface area (Å²) in [6.07, 6.45) is 17.5. The molecule has 8 atom stereocenters. The molecule has 0 bridgehead atoms. The lowest BCUT2D eigenvalue weighted by molar-refractivity contribution is -0.133. The summed E-state index contributed by atoms with van der Waals surface area (Å²) >= 11 is 0. The Kier molecular flexibility index (Phi) is 5.13. The van der Waals surface area contributed by atoms with E-state index in [1.165, 1.54) is 62.6 Å². The van der Waals surface area contributed by atoms with Gasteiger partial charge in [0.1, 0.15) is 6.54 Å². The lowest BCUT2D eigenvalue weighted by atomic mass is 9.49. The van der Waals surface area contributed by atoms with Gasteiger partial charge in [-0.2, -0.15) is 5.10 Å².